The molecule has 0 spiro atoms. The molecule has 0 aliphatic carbocycles. The predicted molar refractivity (Wildman–Crippen MR) is 161 cm³/mol. The predicted octanol–water partition coefficient (Wildman–Crippen LogP) is 0.274. The summed E-state index contributed by atoms with van der Waals surface area (Å²) in [4.78, 5) is 54.0. The SMILES string of the molecule is Cc1ccc(C(=O)NCCN(C)C(=O)[C@@H](NC(=O)[C@@H](N)CCC(=O)N(CCN)CCN)[C@H](O)c2ccc(C(F)(F)F)cc2)cc1. The van der Waals surface area contributed by atoms with E-state index in [9.17, 15) is 37.5 Å². The summed E-state index contributed by atoms with van der Waals surface area (Å²) in [7, 11) is 1.38. The van der Waals surface area contributed by atoms with Crippen LogP contribution in [-0.4, -0.2) is 96.9 Å². The second-order valence-corrected chi connectivity index (χ2v) is 10.5. The molecule has 0 saturated heterocycles. The molecular formula is C30H42F3N7O5. The summed E-state index contributed by atoms with van der Waals surface area (Å²) < 4.78 is 39.2. The molecule has 15 heteroatoms. The molecule has 0 fully saturated rings. The molecule has 9 N–H and O–H groups in total. The van der Waals surface area contributed by atoms with Crippen molar-refractivity contribution in [1.29, 1.82) is 0 Å². The third kappa shape index (κ3) is 11.4. The van der Waals surface area contributed by atoms with Crippen LogP contribution in [0.1, 0.15) is 46.0 Å². The summed E-state index contributed by atoms with van der Waals surface area (Å²) in [5, 5.41) is 16.2. The Kier molecular flexibility index (Phi) is 14.4. The Morgan fingerprint density at radius 2 is 1.51 bits per heavy atom. The number of benzene rings is 2. The molecule has 0 saturated carbocycles. The van der Waals surface area contributed by atoms with Crippen molar-refractivity contribution in [1.82, 2.24) is 20.4 Å². The third-order valence-electron chi connectivity index (χ3n) is 7.04. The second kappa shape index (κ2) is 17.4. The minimum Gasteiger partial charge on any atom is -0.386 e. The number of amides is 4. The van der Waals surface area contributed by atoms with E-state index in [4.69, 9.17) is 17.2 Å². The lowest BCUT2D eigenvalue weighted by Crippen LogP contribution is -2.55. The highest BCUT2D eigenvalue weighted by atomic mass is 19.4. The van der Waals surface area contributed by atoms with Crippen molar-refractivity contribution >= 4 is 23.6 Å². The highest BCUT2D eigenvalue weighted by molar-refractivity contribution is 5.94. The molecule has 0 unspecified atom stereocenters. The number of aliphatic hydroxyl groups is 1. The quantitative estimate of drug-likeness (QED) is 0.151. The molecule has 0 aliphatic rings. The van der Waals surface area contributed by atoms with E-state index in [1.807, 2.05) is 6.92 Å². The standard InChI is InChI=1S/C30H42F3N7O5/c1-19-3-5-21(6-4-19)27(43)37-15-18-39(2)29(45)25(26(42)20-7-9-22(10-8-20)30(31,32)33)38-28(44)23(36)11-12-24(41)40(16-13-34)17-14-35/h3-10,23,25-26,42H,11-18,34-36H2,1-2H3,(H,37,43)(H,38,44)/t23-,25-,26+/m0/s1. The number of hydrogen-bond acceptors (Lipinski definition) is 8. The fourth-order valence-corrected chi connectivity index (χ4v) is 4.33. The third-order valence-corrected chi connectivity index (χ3v) is 7.04. The molecule has 0 radical (unpaired) electrons. The van der Waals surface area contributed by atoms with Crippen LogP contribution in [0.3, 0.4) is 0 Å². The number of rotatable bonds is 16. The molecule has 0 aliphatic heterocycles. The van der Waals surface area contributed by atoms with Gasteiger partial charge in [-0.1, -0.05) is 29.8 Å². The molecule has 0 heterocycles. The van der Waals surface area contributed by atoms with Crippen LogP contribution in [0.4, 0.5) is 13.2 Å². The maximum absolute atomic E-state index is 13.5. The summed E-state index contributed by atoms with van der Waals surface area (Å²) in [6.45, 7) is 2.84. The lowest BCUT2D eigenvalue weighted by Gasteiger charge is -2.29. The van der Waals surface area contributed by atoms with Crippen LogP contribution in [0.25, 0.3) is 0 Å². The summed E-state index contributed by atoms with van der Waals surface area (Å²) in [5.74, 6) is -2.35. The second-order valence-electron chi connectivity index (χ2n) is 10.5. The Morgan fingerprint density at radius 1 is 0.933 bits per heavy atom. The van der Waals surface area contributed by atoms with Gasteiger partial charge < -0.3 is 42.7 Å². The van der Waals surface area contributed by atoms with Crippen molar-refractivity contribution in [3.63, 3.8) is 0 Å². The maximum Gasteiger partial charge on any atom is 0.416 e. The van der Waals surface area contributed by atoms with Gasteiger partial charge in [-0.05, 0) is 43.2 Å². The number of carbonyl (C=O) groups is 4. The maximum atomic E-state index is 13.5. The van der Waals surface area contributed by atoms with Gasteiger partial charge in [-0.25, -0.2) is 0 Å². The van der Waals surface area contributed by atoms with Gasteiger partial charge in [0.2, 0.25) is 17.7 Å². The number of hydrogen-bond donors (Lipinski definition) is 6. The number of carbonyl (C=O) groups excluding carboxylic acids is 4. The molecule has 0 bridgehead atoms. The van der Waals surface area contributed by atoms with E-state index in [1.165, 1.54) is 11.9 Å². The van der Waals surface area contributed by atoms with E-state index in [0.29, 0.717) is 5.56 Å². The van der Waals surface area contributed by atoms with E-state index < -0.39 is 41.7 Å². The summed E-state index contributed by atoms with van der Waals surface area (Å²) in [6, 6.07) is 7.44. The molecule has 3 atom stereocenters. The van der Waals surface area contributed by atoms with E-state index in [-0.39, 0.29) is 69.5 Å². The topological polar surface area (TPSA) is 197 Å². The van der Waals surface area contributed by atoms with E-state index in [2.05, 4.69) is 10.6 Å². The Bertz CT molecular complexity index is 1270. The zero-order valence-corrected chi connectivity index (χ0v) is 25.3. The average Bonchev–Trinajstić information content (AvgIpc) is 3.01. The molecule has 0 aromatic heterocycles. The van der Waals surface area contributed by atoms with Crippen LogP contribution < -0.4 is 27.8 Å². The first kappa shape index (κ1) is 37.1. The number of nitrogens with zero attached hydrogens (tertiary/aromatic N) is 2. The zero-order chi connectivity index (χ0) is 33.7. The molecule has 248 valence electrons. The fraction of sp³-hybridized carbons (Fsp3) is 0.467. The van der Waals surface area contributed by atoms with Crippen molar-refractivity contribution in [3.05, 3.63) is 70.8 Å². The molecule has 2 aromatic carbocycles. The number of nitrogens with two attached hydrogens (primary N) is 3. The normalized spacial score (nSPS) is 13.4. The van der Waals surface area contributed by atoms with Crippen LogP contribution in [-0.2, 0) is 20.6 Å². The zero-order valence-electron chi connectivity index (χ0n) is 25.3. The number of halogens is 3. The first-order chi connectivity index (χ1) is 21.2. The monoisotopic (exact) mass is 637 g/mol. The molecule has 4 amide bonds. The van der Waals surface area contributed by atoms with Gasteiger partial charge in [-0.3, -0.25) is 19.2 Å². The summed E-state index contributed by atoms with van der Waals surface area (Å²) in [6.07, 6.45) is -6.60. The number of likely N-dealkylation sites (N-methyl/N-ethyl adjacent to an activating group) is 1. The van der Waals surface area contributed by atoms with E-state index >= 15 is 0 Å². The Hall–Kier alpha value is -4.05. The summed E-state index contributed by atoms with van der Waals surface area (Å²) >= 11 is 0. The van der Waals surface area contributed by atoms with Crippen LogP contribution in [0, 0.1) is 6.92 Å². The Balaban J connectivity index is 2.15. The minimum atomic E-state index is -4.62. The fourth-order valence-electron chi connectivity index (χ4n) is 4.33. The van der Waals surface area contributed by atoms with Crippen LogP contribution in [0.5, 0.6) is 0 Å². The van der Waals surface area contributed by atoms with Gasteiger partial charge in [0, 0.05) is 58.3 Å². The van der Waals surface area contributed by atoms with Gasteiger partial charge in [0.25, 0.3) is 5.91 Å². The van der Waals surface area contributed by atoms with Gasteiger partial charge in [0.1, 0.15) is 12.1 Å². The van der Waals surface area contributed by atoms with Crippen molar-refractivity contribution in [2.24, 2.45) is 17.2 Å². The molecule has 2 rings (SSSR count). The molecule has 2 aromatic rings. The van der Waals surface area contributed by atoms with E-state index in [1.54, 1.807) is 24.3 Å². The lowest BCUT2D eigenvalue weighted by molar-refractivity contribution is -0.139. The largest absolute Gasteiger partial charge is 0.416 e. The summed E-state index contributed by atoms with van der Waals surface area (Å²) in [5.41, 5.74) is 17.4. The first-order valence-corrected chi connectivity index (χ1v) is 14.4. The number of aryl methyl sites for hydroxylation is 1. The molecule has 45 heavy (non-hydrogen) atoms. The van der Waals surface area contributed by atoms with Crippen LogP contribution in [0.2, 0.25) is 0 Å². The van der Waals surface area contributed by atoms with Crippen molar-refractivity contribution in [2.45, 2.75) is 44.1 Å². The number of alkyl halides is 3. The van der Waals surface area contributed by atoms with Gasteiger partial charge in [-0.15, -0.1) is 0 Å². The molecule has 12 nitrogen and oxygen atoms in total. The highest BCUT2D eigenvalue weighted by Crippen LogP contribution is 2.30. The number of nitrogens with one attached hydrogen (secondary N) is 2. The number of aliphatic hydroxyl groups excluding tert-OH is 1. The van der Waals surface area contributed by atoms with E-state index in [0.717, 1.165) is 34.7 Å². The van der Waals surface area contributed by atoms with Crippen molar-refractivity contribution in [3.8, 4) is 0 Å². The van der Waals surface area contributed by atoms with Crippen LogP contribution >= 0.6 is 0 Å². The van der Waals surface area contributed by atoms with Crippen molar-refractivity contribution < 1.29 is 37.5 Å². The smallest absolute Gasteiger partial charge is 0.386 e. The average molecular weight is 638 g/mol. The van der Waals surface area contributed by atoms with Crippen molar-refractivity contribution in [2.75, 3.05) is 46.3 Å². The minimum absolute atomic E-state index is 0.0235. The Morgan fingerprint density at radius 3 is 2.04 bits per heavy atom. The van der Waals surface area contributed by atoms with Crippen LogP contribution in [0.15, 0.2) is 48.5 Å². The highest BCUT2D eigenvalue weighted by Gasteiger charge is 2.35. The van der Waals surface area contributed by atoms with Gasteiger partial charge in [0.15, 0.2) is 0 Å². The lowest BCUT2D eigenvalue weighted by atomic mass is 9.99. The van der Waals surface area contributed by atoms with Gasteiger partial charge in [-0.2, -0.15) is 13.2 Å². The van der Waals surface area contributed by atoms with Gasteiger partial charge >= 0.3 is 6.18 Å². The molecular weight excluding hydrogens is 595 g/mol. The first-order valence-electron chi connectivity index (χ1n) is 14.4. The van der Waals surface area contributed by atoms with Gasteiger partial charge in [0.05, 0.1) is 11.6 Å². The Labute approximate surface area is 260 Å².